The highest BCUT2D eigenvalue weighted by molar-refractivity contribution is 6.93. The maximum atomic E-state index is 2.79. The summed E-state index contributed by atoms with van der Waals surface area (Å²) in [7, 11) is 0. The van der Waals surface area contributed by atoms with E-state index < -0.39 is 0 Å². The molecule has 3 heterocycles. The van der Waals surface area contributed by atoms with Crippen molar-refractivity contribution in [3.8, 4) is 27.9 Å². The Morgan fingerprint density at radius 1 is 0.571 bits per heavy atom. The van der Waals surface area contributed by atoms with Gasteiger partial charge < -0.3 is 9.38 Å². The van der Waals surface area contributed by atoms with Crippen LogP contribution in [0, 0.1) is 13.8 Å². The Bertz CT molecular complexity index is 3100. The molecule has 2 aliphatic heterocycles. The summed E-state index contributed by atoms with van der Waals surface area (Å²) >= 11 is 0. The number of hydrogen-bond acceptors (Lipinski definition) is 1. The van der Waals surface area contributed by atoms with Crippen molar-refractivity contribution in [1.29, 1.82) is 0 Å². The first-order valence-corrected chi connectivity index (χ1v) is 20.7. The number of fused-ring (bicyclic) bond motifs is 14. The lowest BCUT2D eigenvalue weighted by atomic mass is 9.43. The number of anilines is 2. The molecule has 0 bridgehead atoms. The molecule has 1 aromatic heterocycles. The minimum absolute atomic E-state index is 0.00119. The largest absolute Gasteiger partial charge is 0.376 e. The highest BCUT2D eigenvalue weighted by atomic mass is 15.1. The van der Waals surface area contributed by atoms with Crippen LogP contribution in [0.1, 0.15) is 87.8 Å². The Morgan fingerprint density at radius 3 is 2.12 bits per heavy atom. The highest BCUT2D eigenvalue weighted by Crippen LogP contribution is 2.58. The fraction of sp³-hybridized carbons (Fsp3) is 0.245. The van der Waals surface area contributed by atoms with Gasteiger partial charge in [0.1, 0.15) is 0 Å². The number of aryl methyl sites for hydroxylation is 2. The van der Waals surface area contributed by atoms with Crippen LogP contribution in [0.5, 0.6) is 0 Å². The molecule has 12 rings (SSSR count). The molecule has 0 amide bonds. The SMILES string of the molecule is Cc1cc2c3c(c1)-n1c4ccc5ccccc5c4c4cccc(c41)B3N(c1cc3c(cc1C)C(C)(C)CCC3(C)C)c1ccc3c(c1-2)C(C)(C)c1ccccc1-3. The second-order valence-corrected chi connectivity index (χ2v) is 19.3. The number of benzene rings is 7. The molecule has 7 aromatic carbocycles. The maximum Gasteiger partial charge on any atom is 0.333 e. The molecule has 0 saturated carbocycles. The third-order valence-electron chi connectivity index (χ3n) is 14.7. The van der Waals surface area contributed by atoms with E-state index in [1.807, 2.05) is 0 Å². The van der Waals surface area contributed by atoms with Gasteiger partial charge in [-0.25, -0.2) is 0 Å². The summed E-state index contributed by atoms with van der Waals surface area (Å²) in [5, 5.41) is 5.30. The van der Waals surface area contributed by atoms with Crippen LogP contribution in [0.4, 0.5) is 11.4 Å². The lowest BCUT2D eigenvalue weighted by Gasteiger charge is -2.46. The van der Waals surface area contributed by atoms with Crippen molar-refractivity contribution in [2.24, 2.45) is 0 Å². The molecule has 272 valence electrons. The molecule has 2 nitrogen and oxygen atoms in total. The summed E-state index contributed by atoms with van der Waals surface area (Å²) in [6, 6.07) is 45.0. The van der Waals surface area contributed by atoms with Crippen molar-refractivity contribution in [3.63, 3.8) is 0 Å². The molecule has 0 N–H and O–H groups in total. The van der Waals surface area contributed by atoms with Gasteiger partial charge in [-0.1, -0.05) is 133 Å². The second-order valence-electron chi connectivity index (χ2n) is 19.3. The lowest BCUT2D eigenvalue weighted by Crippen LogP contribution is -2.61. The fourth-order valence-electron chi connectivity index (χ4n) is 11.9. The molecular formula is C53H47BN2. The van der Waals surface area contributed by atoms with E-state index in [0.29, 0.717) is 0 Å². The Morgan fingerprint density at radius 2 is 1.30 bits per heavy atom. The van der Waals surface area contributed by atoms with Crippen molar-refractivity contribution in [1.82, 2.24) is 4.57 Å². The van der Waals surface area contributed by atoms with E-state index in [4.69, 9.17) is 0 Å². The molecule has 0 fully saturated rings. The second kappa shape index (κ2) is 10.4. The molecule has 4 aliphatic rings. The van der Waals surface area contributed by atoms with Gasteiger partial charge in [0.25, 0.3) is 0 Å². The Labute approximate surface area is 330 Å². The molecule has 0 saturated heterocycles. The van der Waals surface area contributed by atoms with Crippen LogP contribution in [0.2, 0.25) is 0 Å². The first kappa shape index (κ1) is 32.7. The number of rotatable bonds is 1. The van der Waals surface area contributed by atoms with Crippen LogP contribution in [-0.2, 0) is 16.2 Å². The fourth-order valence-corrected chi connectivity index (χ4v) is 11.9. The zero-order valence-corrected chi connectivity index (χ0v) is 33.9. The quantitative estimate of drug-likeness (QED) is 0.153. The Kier molecular flexibility index (Phi) is 6.10. The summed E-state index contributed by atoms with van der Waals surface area (Å²) < 4.78 is 2.63. The number of hydrogen-bond donors (Lipinski definition) is 0. The van der Waals surface area contributed by atoms with Crippen molar-refractivity contribution in [2.45, 2.75) is 84.5 Å². The van der Waals surface area contributed by atoms with Crippen molar-refractivity contribution in [2.75, 3.05) is 4.81 Å². The van der Waals surface area contributed by atoms with Crippen molar-refractivity contribution >= 4 is 61.7 Å². The smallest absolute Gasteiger partial charge is 0.333 e. The molecule has 56 heavy (non-hydrogen) atoms. The van der Waals surface area contributed by atoms with Gasteiger partial charge in [-0.05, 0) is 134 Å². The monoisotopic (exact) mass is 722 g/mol. The Balaban J connectivity index is 1.26. The van der Waals surface area contributed by atoms with E-state index in [9.17, 15) is 0 Å². The third-order valence-corrected chi connectivity index (χ3v) is 14.7. The van der Waals surface area contributed by atoms with E-state index in [1.54, 1.807) is 0 Å². The van der Waals surface area contributed by atoms with Gasteiger partial charge in [0.15, 0.2) is 0 Å². The predicted molar refractivity (Wildman–Crippen MR) is 240 cm³/mol. The molecule has 0 atom stereocenters. The molecular weight excluding hydrogens is 675 g/mol. The van der Waals surface area contributed by atoms with Crippen molar-refractivity contribution < 1.29 is 0 Å². The minimum atomic E-state index is -0.164. The number of aromatic nitrogens is 1. The summed E-state index contributed by atoms with van der Waals surface area (Å²) in [6.07, 6.45) is 2.40. The van der Waals surface area contributed by atoms with Crippen LogP contribution in [0.15, 0.2) is 115 Å². The van der Waals surface area contributed by atoms with Crippen LogP contribution in [0.3, 0.4) is 0 Å². The zero-order valence-electron chi connectivity index (χ0n) is 33.9. The van der Waals surface area contributed by atoms with Gasteiger partial charge in [0, 0.05) is 38.8 Å². The minimum Gasteiger partial charge on any atom is -0.376 e. The first-order valence-electron chi connectivity index (χ1n) is 20.7. The van der Waals surface area contributed by atoms with Gasteiger partial charge in [0.2, 0.25) is 0 Å². The van der Waals surface area contributed by atoms with Gasteiger partial charge in [-0.3, -0.25) is 0 Å². The first-order chi connectivity index (χ1) is 26.9. The standard InChI is InChI=1S/C53H47BN2/c1-30-26-37-47-43(23-21-35-34-16-11-12-18-38(34)53(7,8)48(35)47)56(44-29-40-39(28-31(44)2)51(3,4)24-25-52(40,5)6)54-41-19-13-17-36-46-33-15-10-9-14-32(33)20-22-42(46)55(50(36)41)45(27-30)49(37)54/h9-23,26-29H,24-25H2,1-8H3. The molecule has 0 spiro atoms. The summed E-state index contributed by atoms with van der Waals surface area (Å²) in [6.45, 7) is 19.4. The molecule has 0 unspecified atom stereocenters. The van der Waals surface area contributed by atoms with E-state index >= 15 is 0 Å². The van der Waals surface area contributed by atoms with Gasteiger partial charge >= 0.3 is 6.85 Å². The molecule has 3 heteroatoms. The normalized spacial score (nSPS) is 17.5. The predicted octanol–water partition coefficient (Wildman–Crippen LogP) is 12.4. The maximum absolute atomic E-state index is 2.79. The molecule has 0 radical (unpaired) electrons. The third kappa shape index (κ3) is 3.89. The van der Waals surface area contributed by atoms with Crippen molar-refractivity contribution in [3.05, 3.63) is 149 Å². The summed E-state index contributed by atoms with van der Waals surface area (Å²) in [4.78, 5) is 2.79. The molecule has 2 aliphatic carbocycles. The van der Waals surface area contributed by atoms with Crippen LogP contribution < -0.4 is 15.7 Å². The average Bonchev–Trinajstić information content (AvgIpc) is 3.65. The summed E-state index contributed by atoms with van der Waals surface area (Å²) in [5.74, 6) is 0. The van der Waals surface area contributed by atoms with E-state index in [1.165, 1.54) is 129 Å². The lowest BCUT2D eigenvalue weighted by molar-refractivity contribution is 0.332. The van der Waals surface area contributed by atoms with Gasteiger partial charge in [-0.2, -0.15) is 0 Å². The number of nitrogens with zero attached hydrogens (tertiary/aromatic N) is 2. The topological polar surface area (TPSA) is 8.17 Å². The van der Waals surface area contributed by atoms with Crippen LogP contribution in [0.25, 0.3) is 60.5 Å². The zero-order chi connectivity index (χ0) is 38.2. The van der Waals surface area contributed by atoms with E-state index in [2.05, 4.69) is 180 Å². The summed E-state index contributed by atoms with van der Waals surface area (Å²) in [5.41, 5.74) is 23.5. The highest BCUT2D eigenvalue weighted by Gasteiger charge is 2.49. The number of para-hydroxylation sites is 1. The average molecular weight is 723 g/mol. The molecule has 8 aromatic rings. The van der Waals surface area contributed by atoms with E-state index in [0.717, 1.165) is 0 Å². The Hall–Kier alpha value is -5.54. The van der Waals surface area contributed by atoms with Crippen LogP contribution >= 0.6 is 0 Å². The van der Waals surface area contributed by atoms with Gasteiger partial charge in [-0.15, -0.1) is 0 Å². The van der Waals surface area contributed by atoms with Crippen LogP contribution in [-0.4, -0.2) is 11.4 Å². The van der Waals surface area contributed by atoms with Gasteiger partial charge in [0.05, 0.1) is 11.0 Å². The van der Waals surface area contributed by atoms with E-state index in [-0.39, 0.29) is 23.1 Å².